The molecule has 39 heavy (non-hydrogen) atoms. The summed E-state index contributed by atoms with van der Waals surface area (Å²) in [5.41, 5.74) is 0.690. The highest BCUT2D eigenvalue weighted by Gasteiger charge is 2.33. The van der Waals surface area contributed by atoms with Crippen LogP contribution in [0.15, 0.2) is 35.2 Å². The number of carbonyl (C=O) groups is 3. The molecule has 1 aromatic heterocycles. The standard InChI is InChI=1S/C24H30ClN3O8S3/c1-3-15-17(28-11-5-7-18(29)23(28)31)6-4-8-20(15)39(34,35)27-16(24(32)36-12-13-38(2)33)14-26-22(30)19-9-10-21(25)37-19/h4,6,8-10,16,18,27,29H,3,5,7,11-14H2,1-2H3,(H,26,30)/t16-,18+,38-/m0/s1. The maximum Gasteiger partial charge on any atom is 0.326 e. The van der Waals surface area contributed by atoms with Gasteiger partial charge in [0.15, 0.2) is 0 Å². The maximum atomic E-state index is 13.6. The number of benzene rings is 1. The lowest BCUT2D eigenvalue weighted by molar-refractivity contribution is -0.144. The van der Waals surface area contributed by atoms with Gasteiger partial charge in [-0.15, -0.1) is 11.3 Å². The van der Waals surface area contributed by atoms with E-state index in [-0.39, 0.29) is 28.6 Å². The monoisotopic (exact) mass is 619 g/mol. The molecule has 0 saturated carbocycles. The number of ether oxygens (including phenoxy) is 1. The summed E-state index contributed by atoms with van der Waals surface area (Å²) in [5, 5.41) is 12.6. The number of esters is 1. The van der Waals surface area contributed by atoms with E-state index in [1.54, 1.807) is 13.0 Å². The second-order valence-electron chi connectivity index (χ2n) is 8.69. The van der Waals surface area contributed by atoms with Crippen LogP contribution in [0.2, 0.25) is 4.34 Å². The average Bonchev–Trinajstić information content (AvgIpc) is 3.33. The van der Waals surface area contributed by atoms with Gasteiger partial charge < -0.3 is 20.1 Å². The number of amides is 2. The Balaban J connectivity index is 1.88. The molecule has 3 rings (SSSR count). The molecule has 3 atom stereocenters. The van der Waals surface area contributed by atoms with Crippen LogP contribution < -0.4 is 14.9 Å². The van der Waals surface area contributed by atoms with E-state index in [4.69, 9.17) is 16.3 Å². The van der Waals surface area contributed by atoms with Crippen molar-refractivity contribution in [2.45, 2.75) is 43.2 Å². The zero-order chi connectivity index (χ0) is 28.7. The number of rotatable bonds is 12. The molecule has 0 spiro atoms. The molecule has 1 saturated heterocycles. The highest BCUT2D eigenvalue weighted by Crippen LogP contribution is 2.30. The summed E-state index contributed by atoms with van der Waals surface area (Å²) < 4.78 is 46.3. The van der Waals surface area contributed by atoms with Crippen molar-refractivity contribution in [2.24, 2.45) is 0 Å². The first-order valence-electron chi connectivity index (χ1n) is 12.1. The van der Waals surface area contributed by atoms with Crippen LogP contribution in [-0.4, -0.2) is 79.4 Å². The molecule has 1 fully saturated rings. The molecule has 1 aromatic carbocycles. The van der Waals surface area contributed by atoms with E-state index in [9.17, 15) is 32.1 Å². The quantitative estimate of drug-likeness (QED) is 0.301. The minimum atomic E-state index is -4.37. The third-order valence-electron chi connectivity index (χ3n) is 5.91. The molecule has 0 unspecified atom stereocenters. The van der Waals surface area contributed by atoms with Crippen LogP contribution in [0.4, 0.5) is 5.69 Å². The Morgan fingerprint density at radius 1 is 1.31 bits per heavy atom. The first-order chi connectivity index (χ1) is 18.4. The van der Waals surface area contributed by atoms with Crippen LogP contribution in [0.25, 0.3) is 0 Å². The molecule has 1 aliphatic rings. The Hall–Kier alpha value is -2.36. The van der Waals surface area contributed by atoms with E-state index in [0.29, 0.717) is 35.0 Å². The summed E-state index contributed by atoms with van der Waals surface area (Å²) in [6, 6.07) is 5.96. The van der Waals surface area contributed by atoms with Crippen LogP contribution >= 0.6 is 22.9 Å². The molecule has 3 N–H and O–H groups in total. The average molecular weight is 620 g/mol. The number of anilines is 1. The second-order valence-corrected chi connectivity index (χ2v) is 13.6. The lowest BCUT2D eigenvalue weighted by Gasteiger charge is -2.32. The lowest BCUT2D eigenvalue weighted by atomic mass is 10.0. The Morgan fingerprint density at radius 2 is 2.05 bits per heavy atom. The van der Waals surface area contributed by atoms with Crippen LogP contribution in [0.5, 0.6) is 0 Å². The summed E-state index contributed by atoms with van der Waals surface area (Å²) in [6.45, 7) is 1.42. The Morgan fingerprint density at radius 3 is 2.69 bits per heavy atom. The van der Waals surface area contributed by atoms with Crippen molar-refractivity contribution in [3.63, 3.8) is 0 Å². The number of thiophene rings is 1. The molecule has 1 aliphatic heterocycles. The fourth-order valence-corrected chi connectivity index (χ4v) is 6.80. The Kier molecular flexibility index (Phi) is 11.0. The summed E-state index contributed by atoms with van der Waals surface area (Å²) in [7, 11) is -5.61. The molecule has 2 heterocycles. The minimum absolute atomic E-state index is 0.0585. The van der Waals surface area contributed by atoms with Crippen molar-refractivity contribution in [1.29, 1.82) is 0 Å². The summed E-state index contributed by atoms with van der Waals surface area (Å²) in [6.07, 6.45) is 1.39. The van der Waals surface area contributed by atoms with Gasteiger partial charge >= 0.3 is 5.97 Å². The molecular formula is C24H30ClN3O8S3. The first-order valence-corrected chi connectivity index (χ1v) is 16.5. The van der Waals surface area contributed by atoms with Gasteiger partial charge in [0.25, 0.3) is 11.8 Å². The van der Waals surface area contributed by atoms with Gasteiger partial charge in [-0.05, 0) is 49.1 Å². The van der Waals surface area contributed by atoms with Crippen molar-refractivity contribution in [3.05, 3.63) is 45.1 Å². The largest absolute Gasteiger partial charge is 0.463 e. The van der Waals surface area contributed by atoms with Gasteiger partial charge in [-0.2, -0.15) is 4.72 Å². The number of sulfonamides is 1. The van der Waals surface area contributed by atoms with Gasteiger partial charge in [-0.1, -0.05) is 24.6 Å². The number of nitrogens with zero attached hydrogens (tertiary/aromatic N) is 1. The van der Waals surface area contributed by atoms with E-state index < -0.39 is 57.3 Å². The maximum absolute atomic E-state index is 13.6. The van der Waals surface area contributed by atoms with Crippen molar-refractivity contribution in [1.82, 2.24) is 10.0 Å². The van der Waals surface area contributed by atoms with Gasteiger partial charge in [0.1, 0.15) is 18.8 Å². The normalized spacial score (nSPS) is 17.5. The van der Waals surface area contributed by atoms with Crippen molar-refractivity contribution < 1.29 is 36.9 Å². The van der Waals surface area contributed by atoms with Gasteiger partial charge in [0, 0.05) is 35.8 Å². The van der Waals surface area contributed by atoms with Crippen LogP contribution in [-0.2, 0) is 41.6 Å². The zero-order valence-corrected chi connectivity index (χ0v) is 24.6. The molecular weight excluding hydrogens is 590 g/mol. The number of hydrogen-bond acceptors (Lipinski definition) is 9. The second kappa shape index (κ2) is 13.8. The summed E-state index contributed by atoms with van der Waals surface area (Å²) >= 11 is 6.90. The molecule has 0 radical (unpaired) electrons. The molecule has 15 heteroatoms. The predicted molar refractivity (Wildman–Crippen MR) is 149 cm³/mol. The number of halogens is 1. The van der Waals surface area contributed by atoms with Crippen molar-refractivity contribution >= 4 is 67.2 Å². The minimum Gasteiger partial charge on any atom is -0.463 e. The van der Waals surface area contributed by atoms with E-state index in [1.807, 2.05) is 0 Å². The van der Waals surface area contributed by atoms with Gasteiger partial charge in [0.05, 0.1) is 19.9 Å². The summed E-state index contributed by atoms with van der Waals surface area (Å²) in [4.78, 5) is 39.5. The van der Waals surface area contributed by atoms with Crippen molar-refractivity contribution in [3.8, 4) is 0 Å². The SMILES string of the molecule is CCc1c(N2CCC[C@@H](O)C2=O)cccc1S(=O)(=O)N[C@@H](CNC(=O)c1ccc(Cl)s1)C(=O)OCC[S@](C)=O. The predicted octanol–water partition coefficient (Wildman–Crippen LogP) is 1.45. The highest BCUT2D eigenvalue weighted by molar-refractivity contribution is 7.89. The number of aliphatic hydroxyl groups excluding tert-OH is 1. The number of hydrogen-bond donors (Lipinski definition) is 3. The van der Waals surface area contributed by atoms with Gasteiger partial charge in [-0.3, -0.25) is 18.6 Å². The lowest BCUT2D eigenvalue weighted by Crippen LogP contribution is -2.49. The number of carbonyl (C=O) groups excluding carboxylic acids is 3. The van der Waals surface area contributed by atoms with Crippen molar-refractivity contribution in [2.75, 3.05) is 36.6 Å². The van der Waals surface area contributed by atoms with E-state index in [2.05, 4.69) is 10.0 Å². The smallest absolute Gasteiger partial charge is 0.326 e. The number of piperidine rings is 1. The van der Waals surface area contributed by atoms with Gasteiger partial charge in [-0.25, -0.2) is 8.42 Å². The highest BCUT2D eigenvalue weighted by atomic mass is 35.5. The summed E-state index contributed by atoms with van der Waals surface area (Å²) in [5.74, 6) is -1.97. The fraction of sp³-hybridized carbons (Fsp3) is 0.458. The van der Waals surface area contributed by atoms with Crippen LogP contribution in [0.1, 0.15) is 35.0 Å². The topological polar surface area (TPSA) is 159 Å². The van der Waals surface area contributed by atoms with E-state index >= 15 is 0 Å². The Labute approximate surface area is 238 Å². The third kappa shape index (κ3) is 8.08. The number of aliphatic hydroxyl groups is 1. The van der Waals surface area contributed by atoms with Crippen LogP contribution in [0, 0.1) is 0 Å². The number of nitrogens with one attached hydrogen (secondary N) is 2. The van der Waals surface area contributed by atoms with Gasteiger partial charge in [0.2, 0.25) is 10.0 Å². The molecule has 11 nitrogen and oxygen atoms in total. The zero-order valence-electron chi connectivity index (χ0n) is 21.3. The third-order valence-corrected chi connectivity index (χ3v) is 9.44. The molecule has 0 bridgehead atoms. The van der Waals surface area contributed by atoms with E-state index in [1.165, 1.54) is 35.4 Å². The Bertz CT molecular complexity index is 1350. The van der Waals surface area contributed by atoms with E-state index in [0.717, 1.165) is 11.3 Å². The first kappa shape index (κ1) is 31.2. The fourth-order valence-electron chi connectivity index (χ4n) is 4.01. The molecule has 214 valence electrons. The molecule has 0 aliphatic carbocycles. The molecule has 2 aromatic rings. The molecule has 2 amide bonds. The van der Waals surface area contributed by atoms with Crippen LogP contribution in [0.3, 0.4) is 0 Å².